The molecule has 0 aliphatic heterocycles. The van der Waals surface area contributed by atoms with Gasteiger partial charge in [0.2, 0.25) is 0 Å². The highest BCUT2D eigenvalue weighted by molar-refractivity contribution is 5.85. The molecule has 0 bridgehead atoms. The zero-order valence-corrected chi connectivity index (χ0v) is 6.72. The van der Waals surface area contributed by atoms with Gasteiger partial charge in [0.25, 0.3) is 0 Å². The molecule has 0 saturated heterocycles. The molecule has 11 heavy (non-hydrogen) atoms. The molecule has 1 nitrogen and oxygen atoms in total. The molecule has 0 radical (unpaired) electrons. The van der Waals surface area contributed by atoms with Crippen molar-refractivity contribution in [3.05, 3.63) is 35.9 Å². The molecule has 3 heteroatoms. The van der Waals surface area contributed by atoms with Crippen molar-refractivity contribution in [1.82, 2.24) is 0 Å². The summed E-state index contributed by atoms with van der Waals surface area (Å²) in [6.07, 6.45) is -0.957. The van der Waals surface area contributed by atoms with Crippen molar-refractivity contribution in [2.75, 3.05) is 6.67 Å². The van der Waals surface area contributed by atoms with Gasteiger partial charge in [0.1, 0.15) is 12.8 Å². The summed E-state index contributed by atoms with van der Waals surface area (Å²) in [5, 5.41) is 8.95. The molecule has 1 atom stereocenters. The molecule has 0 spiro atoms. The normalized spacial score (nSPS) is 11.8. The number of hydrogen-bond acceptors (Lipinski definition) is 1. The summed E-state index contributed by atoms with van der Waals surface area (Å²) in [5.74, 6) is 0. The van der Waals surface area contributed by atoms with E-state index in [4.69, 9.17) is 5.11 Å². The van der Waals surface area contributed by atoms with Crippen LogP contribution >= 0.6 is 12.4 Å². The van der Waals surface area contributed by atoms with Gasteiger partial charge in [-0.05, 0) is 5.56 Å². The van der Waals surface area contributed by atoms with Crippen LogP contribution in [0.4, 0.5) is 4.39 Å². The van der Waals surface area contributed by atoms with Gasteiger partial charge < -0.3 is 5.11 Å². The summed E-state index contributed by atoms with van der Waals surface area (Å²) in [4.78, 5) is 0. The fourth-order valence-corrected chi connectivity index (χ4v) is 0.764. The Morgan fingerprint density at radius 2 is 1.82 bits per heavy atom. The lowest BCUT2D eigenvalue weighted by atomic mass is 10.1. The summed E-state index contributed by atoms with van der Waals surface area (Å²) >= 11 is 0. The monoisotopic (exact) mass is 176 g/mol. The lowest BCUT2D eigenvalue weighted by Crippen LogP contribution is -1.97. The van der Waals surface area contributed by atoms with Gasteiger partial charge in [-0.3, -0.25) is 0 Å². The van der Waals surface area contributed by atoms with Gasteiger partial charge in [-0.25, -0.2) is 4.39 Å². The van der Waals surface area contributed by atoms with E-state index >= 15 is 0 Å². The van der Waals surface area contributed by atoms with Gasteiger partial charge >= 0.3 is 0 Å². The van der Waals surface area contributed by atoms with Gasteiger partial charge in [-0.15, -0.1) is 12.4 Å². The van der Waals surface area contributed by atoms with E-state index in [-0.39, 0.29) is 12.4 Å². The SMILES string of the molecule is Cl.OC(CF)c1ccccc1. The van der Waals surface area contributed by atoms with Crippen LogP contribution in [0.5, 0.6) is 0 Å². The van der Waals surface area contributed by atoms with E-state index in [1.54, 1.807) is 24.3 Å². The van der Waals surface area contributed by atoms with Crippen molar-refractivity contribution in [2.24, 2.45) is 0 Å². The number of benzene rings is 1. The van der Waals surface area contributed by atoms with Crippen LogP contribution in [0, 0.1) is 0 Å². The Labute approximate surface area is 71.3 Å². The molecular formula is C8H10ClFO. The molecule has 0 aliphatic rings. The highest BCUT2D eigenvalue weighted by Crippen LogP contribution is 2.11. The molecule has 0 aliphatic carbocycles. The quantitative estimate of drug-likeness (QED) is 0.732. The zero-order chi connectivity index (χ0) is 7.40. The van der Waals surface area contributed by atoms with Crippen LogP contribution in [0.3, 0.4) is 0 Å². The van der Waals surface area contributed by atoms with E-state index in [1.807, 2.05) is 6.07 Å². The molecule has 1 aromatic rings. The lowest BCUT2D eigenvalue weighted by molar-refractivity contribution is 0.142. The van der Waals surface area contributed by atoms with E-state index in [2.05, 4.69) is 0 Å². The highest BCUT2D eigenvalue weighted by atomic mass is 35.5. The molecule has 0 amide bonds. The molecule has 0 fully saturated rings. The van der Waals surface area contributed by atoms with Crippen molar-refractivity contribution >= 4 is 12.4 Å². The Kier molecular flexibility index (Phi) is 4.83. The Morgan fingerprint density at radius 1 is 1.27 bits per heavy atom. The maximum atomic E-state index is 11.8. The van der Waals surface area contributed by atoms with Gasteiger partial charge in [0.15, 0.2) is 0 Å². The third-order valence-electron chi connectivity index (χ3n) is 1.33. The van der Waals surface area contributed by atoms with Gasteiger partial charge in [0.05, 0.1) is 0 Å². The van der Waals surface area contributed by atoms with Crippen molar-refractivity contribution in [3.63, 3.8) is 0 Å². The van der Waals surface area contributed by atoms with Crippen LogP contribution in [0.25, 0.3) is 0 Å². The minimum absolute atomic E-state index is 0. The van der Waals surface area contributed by atoms with E-state index < -0.39 is 12.8 Å². The second-order valence-corrected chi connectivity index (χ2v) is 2.08. The summed E-state index contributed by atoms with van der Waals surface area (Å²) in [5.41, 5.74) is 0.630. The van der Waals surface area contributed by atoms with E-state index in [0.717, 1.165) is 0 Å². The van der Waals surface area contributed by atoms with Crippen molar-refractivity contribution in [1.29, 1.82) is 0 Å². The molecule has 1 N–H and O–H groups in total. The van der Waals surface area contributed by atoms with Crippen LogP contribution in [-0.2, 0) is 0 Å². The summed E-state index contributed by atoms with van der Waals surface area (Å²) in [6.45, 7) is -0.718. The summed E-state index contributed by atoms with van der Waals surface area (Å²) < 4.78 is 11.8. The van der Waals surface area contributed by atoms with E-state index in [0.29, 0.717) is 5.56 Å². The van der Waals surface area contributed by atoms with Gasteiger partial charge in [-0.2, -0.15) is 0 Å². The average molecular weight is 177 g/mol. The Bertz CT molecular complexity index is 191. The number of hydrogen-bond donors (Lipinski definition) is 1. The van der Waals surface area contributed by atoms with Crippen LogP contribution in [0.1, 0.15) is 11.7 Å². The number of alkyl halides is 1. The first-order valence-electron chi connectivity index (χ1n) is 3.13. The van der Waals surface area contributed by atoms with Crippen LogP contribution in [-0.4, -0.2) is 11.8 Å². The van der Waals surface area contributed by atoms with Crippen molar-refractivity contribution in [3.8, 4) is 0 Å². The number of rotatable bonds is 2. The molecule has 0 heterocycles. The van der Waals surface area contributed by atoms with E-state index in [9.17, 15) is 4.39 Å². The number of aliphatic hydroxyl groups excluding tert-OH is 1. The fourth-order valence-electron chi connectivity index (χ4n) is 0.764. The van der Waals surface area contributed by atoms with Crippen LogP contribution in [0.2, 0.25) is 0 Å². The molecule has 0 saturated carbocycles. The molecular weight excluding hydrogens is 167 g/mol. The minimum atomic E-state index is -0.957. The highest BCUT2D eigenvalue weighted by Gasteiger charge is 2.03. The Hall–Kier alpha value is -0.600. The summed E-state index contributed by atoms with van der Waals surface area (Å²) in [7, 11) is 0. The average Bonchev–Trinajstić information content (AvgIpc) is 2.05. The number of aliphatic hydroxyl groups is 1. The topological polar surface area (TPSA) is 20.2 Å². The Balaban J connectivity index is 0.000001000. The first kappa shape index (κ1) is 10.4. The molecule has 1 unspecified atom stereocenters. The molecule has 0 aromatic heterocycles. The smallest absolute Gasteiger partial charge is 0.119 e. The third-order valence-corrected chi connectivity index (χ3v) is 1.33. The summed E-state index contributed by atoms with van der Waals surface area (Å²) in [6, 6.07) is 8.77. The lowest BCUT2D eigenvalue weighted by Gasteiger charge is -2.03. The first-order valence-corrected chi connectivity index (χ1v) is 3.13. The van der Waals surface area contributed by atoms with Gasteiger partial charge in [0, 0.05) is 0 Å². The predicted molar refractivity (Wildman–Crippen MR) is 44.6 cm³/mol. The third kappa shape index (κ3) is 2.87. The minimum Gasteiger partial charge on any atom is -0.386 e. The van der Waals surface area contributed by atoms with Crippen molar-refractivity contribution < 1.29 is 9.50 Å². The fraction of sp³-hybridized carbons (Fsp3) is 0.250. The maximum absolute atomic E-state index is 11.8. The molecule has 62 valence electrons. The number of halogens is 2. The van der Waals surface area contributed by atoms with Crippen LogP contribution < -0.4 is 0 Å². The zero-order valence-electron chi connectivity index (χ0n) is 5.90. The Morgan fingerprint density at radius 3 is 2.27 bits per heavy atom. The van der Waals surface area contributed by atoms with E-state index in [1.165, 1.54) is 0 Å². The molecule has 1 rings (SSSR count). The molecule has 1 aromatic carbocycles. The second-order valence-electron chi connectivity index (χ2n) is 2.08. The first-order chi connectivity index (χ1) is 4.84. The van der Waals surface area contributed by atoms with Crippen LogP contribution in [0.15, 0.2) is 30.3 Å². The predicted octanol–water partition coefficient (Wildman–Crippen LogP) is 2.11. The van der Waals surface area contributed by atoms with Gasteiger partial charge in [-0.1, -0.05) is 30.3 Å². The van der Waals surface area contributed by atoms with Crippen molar-refractivity contribution in [2.45, 2.75) is 6.10 Å². The standard InChI is InChI=1S/C8H9FO.ClH/c9-6-8(10)7-4-2-1-3-5-7;/h1-5,8,10H,6H2;1H. The second kappa shape index (κ2) is 5.10. The largest absolute Gasteiger partial charge is 0.386 e. The maximum Gasteiger partial charge on any atom is 0.119 e.